The lowest BCUT2D eigenvalue weighted by atomic mass is 10.0. The van der Waals surface area contributed by atoms with Crippen LogP contribution >= 0.6 is 11.8 Å². The highest BCUT2D eigenvalue weighted by Crippen LogP contribution is 2.38. The van der Waals surface area contributed by atoms with Crippen LogP contribution in [0, 0.1) is 0 Å². The van der Waals surface area contributed by atoms with Crippen molar-refractivity contribution in [2.24, 2.45) is 0 Å². The monoisotopic (exact) mass is 555 g/mol. The molecule has 2 heterocycles. The first-order valence-electron chi connectivity index (χ1n) is 11.5. The molecule has 2 amide bonds. The van der Waals surface area contributed by atoms with E-state index in [1.165, 1.54) is 9.47 Å². The number of alkyl halides is 6. The number of carbonyl (C=O) groups is 2. The van der Waals surface area contributed by atoms with Gasteiger partial charge in [0.2, 0.25) is 0 Å². The highest BCUT2D eigenvalue weighted by Gasteiger charge is 2.38. The number of fused-ring (bicyclic) bond motifs is 1. The summed E-state index contributed by atoms with van der Waals surface area (Å²) in [5, 5.41) is 0.314. The van der Waals surface area contributed by atoms with Crippen LogP contribution in [0.3, 0.4) is 0 Å². The Bertz CT molecular complexity index is 1410. The van der Waals surface area contributed by atoms with Crippen LogP contribution in [0.2, 0.25) is 0 Å². The Morgan fingerprint density at radius 3 is 2.34 bits per heavy atom. The van der Waals surface area contributed by atoms with Gasteiger partial charge >= 0.3 is 12.4 Å². The highest BCUT2D eigenvalue weighted by atomic mass is 32.2. The van der Waals surface area contributed by atoms with Gasteiger partial charge in [-0.1, -0.05) is 12.1 Å². The van der Waals surface area contributed by atoms with Crippen molar-refractivity contribution in [1.29, 1.82) is 0 Å². The van der Waals surface area contributed by atoms with E-state index in [1.807, 2.05) is 19.0 Å². The number of aromatic nitrogens is 1. The number of amides is 2. The maximum absolute atomic E-state index is 13.6. The van der Waals surface area contributed by atoms with Crippen LogP contribution in [0.25, 0.3) is 17.0 Å². The molecule has 3 aromatic rings. The zero-order valence-corrected chi connectivity index (χ0v) is 21.2. The predicted molar refractivity (Wildman–Crippen MR) is 133 cm³/mol. The van der Waals surface area contributed by atoms with Crippen LogP contribution in [0.4, 0.5) is 31.1 Å². The summed E-state index contributed by atoms with van der Waals surface area (Å²) in [5.74, 6) is -0.376. The van der Waals surface area contributed by atoms with Crippen molar-refractivity contribution in [2.45, 2.75) is 25.3 Å². The third-order valence-electron chi connectivity index (χ3n) is 6.04. The number of rotatable bonds is 7. The molecule has 0 saturated carbocycles. The minimum Gasteiger partial charge on any atom is -0.343 e. The lowest BCUT2D eigenvalue weighted by molar-refractivity contribution is -0.143. The summed E-state index contributed by atoms with van der Waals surface area (Å²) < 4.78 is 81.1. The van der Waals surface area contributed by atoms with Gasteiger partial charge in [-0.25, -0.2) is 0 Å². The number of imide groups is 1. The fourth-order valence-electron chi connectivity index (χ4n) is 4.17. The van der Waals surface area contributed by atoms with Crippen molar-refractivity contribution in [2.75, 3.05) is 27.2 Å². The summed E-state index contributed by atoms with van der Waals surface area (Å²) >= 11 is 0.848. The van der Waals surface area contributed by atoms with Gasteiger partial charge in [-0.2, -0.15) is 26.3 Å². The van der Waals surface area contributed by atoms with Crippen molar-refractivity contribution >= 4 is 39.9 Å². The van der Waals surface area contributed by atoms with Crippen molar-refractivity contribution in [1.82, 2.24) is 14.4 Å². The number of carbonyl (C=O) groups excluding carboxylic acids is 2. The van der Waals surface area contributed by atoms with E-state index >= 15 is 0 Å². The maximum atomic E-state index is 13.6. The van der Waals surface area contributed by atoms with E-state index in [9.17, 15) is 35.9 Å². The van der Waals surface area contributed by atoms with Crippen LogP contribution in [0.1, 0.15) is 28.7 Å². The zero-order valence-electron chi connectivity index (χ0n) is 20.4. The van der Waals surface area contributed by atoms with Crippen molar-refractivity contribution in [3.63, 3.8) is 0 Å². The molecule has 1 aromatic heterocycles. The molecule has 0 spiro atoms. The van der Waals surface area contributed by atoms with Crippen LogP contribution in [0.15, 0.2) is 53.6 Å². The number of halogens is 6. The van der Waals surface area contributed by atoms with Gasteiger partial charge in [0.15, 0.2) is 0 Å². The third kappa shape index (κ3) is 6.07. The largest absolute Gasteiger partial charge is 0.416 e. The minimum atomic E-state index is -4.96. The van der Waals surface area contributed by atoms with Crippen molar-refractivity contribution in [3.8, 4) is 0 Å². The molecule has 0 unspecified atom stereocenters. The van der Waals surface area contributed by atoms with E-state index in [1.54, 1.807) is 36.5 Å². The van der Waals surface area contributed by atoms with Gasteiger partial charge in [0.05, 0.1) is 16.0 Å². The standard InChI is InChI=1S/C26H23F6N3O2S/c1-33(2)9-3-10-35-23(36)22(38-24(35)37)13-16-4-7-21-17(12-16)8-11-34(21)15-18-5-6-19(25(27,28)29)14-20(18)26(30,31)32/h4-8,11-14H,3,9-10,15H2,1-2H3. The molecule has 5 nitrogen and oxygen atoms in total. The first kappa shape index (κ1) is 27.8. The molecule has 0 aliphatic carbocycles. The average Bonchev–Trinajstić information content (AvgIpc) is 3.32. The van der Waals surface area contributed by atoms with E-state index < -0.39 is 23.5 Å². The quantitative estimate of drug-likeness (QED) is 0.240. The number of hydrogen-bond donors (Lipinski definition) is 0. The van der Waals surface area contributed by atoms with Gasteiger partial charge in [0.25, 0.3) is 11.1 Å². The van der Waals surface area contributed by atoms with Crippen LogP contribution in [0.5, 0.6) is 0 Å². The third-order valence-corrected chi connectivity index (χ3v) is 6.94. The first-order valence-corrected chi connectivity index (χ1v) is 12.3. The zero-order chi connectivity index (χ0) is 27.8. The van der Waals surface area contributed by atoms with E-state index in [2.05, 4.69) is 0 Å². The number of benzene rings is 2. The lowest BCUT2D eigenvalue weighted by Gasteiger charge is -2.17. The topological polar surface area (TPSA) is 45.5 Å². The molecule has 0 atom stereocenters. The summed E-state index contributed by atoms with van der Waals surface area (Å²) in [4.78, 5) is 28.4. The number of nitrogens with zero attached hydrogens (tertiary/aromatic N) is 3. The van der Waals surface area contributed by atoms with Gasteiger partial charge < -0.3 is 9.47 Å². The van der Waals surface area contributed by atoms with Gasteiger partial charge in [0, 0.05) is 30.2 Å². The smallest absolute Gasteiger partial charge is 0.343 e. The highest BCUT2D eigenvalue weighted by molar-refractivity contribution is 8.18. The fourth-order valence-corrected chi connectivity index (χ4v) is 5.04. The Balaban J connectivity index is 1.57. The second kappa shape index (κ2) is 10.5. The Morgan fingerprint density at radius 1 is 0.947 bits per heavy atom. The van der Waals surface area contributed by atoms with Gasteiger partial charge in [-0.15, -0.1) is 0 Å². The normalized spacial score (nSPS) is 16.0. The second-order valence-corrected chi connectivity index (χ2v) is 10.1. The molecule has 12 heteroatoms. The summed E-state index contributed by atoms with van der Waals surface area (Å²) in [5.41, 5.74) is -1.81. The number of hydrogen-bond acceptors (Lipinski definition) is 4. The van der Waals surface area contributed by atoms with Crippen molar-refractivity contribution in [3.05, 3.63) is 75.8 Å². The maximum Gasteiger partial charge on any atom is 0.416 e. The molecule has 38 heavy (non-hydrogen) atoms. The summed E-state index contributed by atoms with van der Waals surface area (Å²) in [6.07, 6.45) is -6.07. The molecule has 1 aliphatic rings. The lowest BCUT2D eigenvalue weighted by Crippen LogP contribution is -2.31. The van der Waals surface area contributed by atoms with E-state index in [0.717, 1.165) is 24.4 Å². The molecular weight excluding hydrogens is 532 g/mol. The average molecular weight is 556 g/mol. The molecule has 1 saturated heterocycles. The summed E-state index contributed by atoms with van der Waals surface area (Å²) in [7, 11) is 3.80. The van der Waals surface area contributed by atoms with Gasteiger partial charge in [0.1, 0.15) is 0 Å². The van der Waals surface area contributed by atoms with Gasteiger partial charge in [-0.05, 0) is 86.4 Å². The summed E-state index contributed by atoms with van der Waals surface area (Å²) in [6.45, 7) is 0.749. The fraction of sp³-hybridized carbons (Fsp3) is 0.308. The van der Waals surface area contributed by atoms with Crippen molar-refractivity contribution < 1.29 is 35.9 Å². The molecular formula is C26H23F6N3O2S. The van der Waals surface area contributed by atoms with E-state index in [4.69, 9.17) is 0 Å². The molecule has 1 fully saturated rings. The van der Waals surface area contributed by atoms with Crippen LogP contribution in [-0.4, -0.2) is 52.7 Å². The second-order valence-electron chi connectivity index (χ2n) is 9.12. The molecule has 2 aromatic carbocycles. The first-order chi connectivity index (χ1) is 17.7. The van der Waals surface area contributed by atoms with E-state index in [-0.39, 0.29) is 34.2 Å². The Morgan fingerprint density at radius 2 is 1.68 bits per heavy atom. The summed E-state index contributed by atoms with van der Waals surface area (Å²) in [6, 6.07) is 8.32. The Labute approximate surface area is 218 Å². The van der Waals surface area contributed by atoms with Crippen LogP contribution < -0.4 is 0 Å². The molecule has 0 N–H and O–H groups in total. The Hall–Kier alpha value is -3.25. The molecule has 4 rings (SSSR count). The van der Waals surface area contributed by atoms with Crippen LogP contribution in [-0.2, 0) is 23.7 Å². The SMILES string of the molecule is CN(C)CCCN1C(=O)SC(=Cc2ccc3c(ccn3Cc3ccc(C(F)(F)F)cc3C(F)(F)F)c2)C1=O. The molecule has 202 valence electrons. The predicted octanol–water partition coefficient (Wildman–Crippen LogP) is 6.72. The van der Waals surface area contributed by atoms with Gasteiger partial charge in [-0.3, -0.25) is 14.5 Å². The Kier molecular flexibility index (Phi) is 7.67. The molecule has 0 bridgehead atoms. The minimum absolute atomic E-state index is 0.132. The number of thioether (sulfide) groups is 1. The molecule has 0 radical (unpaired) electrons. The van der Waals surface area contributed by atoms with E-state index in [0.29, 0.717) is 35.5 Å². The molecule has 1 aliphatic heterocycles.